The molecule has 0 spiro atoms. The zero-order chi connectivity index (χ0) is 26.4. The lowest BCUT2D eigenvalue weighted by molar-refractivity contribution is 0.104. The van der Waals surface area contributed by atoms with E-state index in [-0.39, 0.29) is 13.2 Å². The molecule has 3 aromatic carbocycles. The molecule has 1 aromatic heterocycles. The van der Waals surface area contributed by atoms with Crippen LogP contribution in [0.5, 0.6) is 5.75 Å². The first-order valence-corrected chi connectivity index (χ1v) is 14.9. The maximum atomic E-state index is 13.9. The highest BCUT2D eigenvalue weighted by atomic mass is 32.1. The van der Waals surface area contributed by atoms with Gasteiger partial charge in [-0.15, -0.1) is 11.3 Å². The molecule has 2 aliphatic rings. The molecule has 3 heterocycles. The summed E-state index contributed by atoms with van der Waals surface area (Å²) in [7, 11) is 0. The van der Waals surface area contributed by atoms with Crippen molar-refractivity contribution in [3.63, 3.8) is 0 Å². The molecule has 0 aliphatic carbocycles. The summed E-state index contributed by atoms with van der Waals surface area (Å²) in [6.45, 7) is 7.14. The second-order valence-corrected chi connectivity index (χ2v) is 11.5. The van der Waals surface area contributed by atoms with Crippen molar-refractivity contribution in [2.24, 2.45) is 0 Å². The van der Waals surface area contributed by atoms with E-state index in [2.05, 4.69) is 45.9 Å². The van der Waals surface area contributed by atoms with Crippen molar-refractivity contribution in [3.8, 4) is 28.0 Å². The summed E-state index contributed by atoms with van der Waals surface area (Å²) in [4.78, 5) is 19.7. The van der Waals surface area contributed by atoms with Crippen molar-refractivity contribution in [2.45, 2.75) is 33.1 Å². The molecule has 4 aromatic rings. The number of rotatable bonds is 8. The molecule has 206 valence electrons. The van der Waals surface area contributed by atoms with Gasteiger partial charge < -0.3 is 4.74 Å². The Balaban J connectivity index is 0.00000323. The topological polar surface area (TPSA) is 32.8 Å². The third-order valence-electron chi connectivity index (χ3n) is 7.70. The monoisotopic (exact) mass is 550 g/mol. The minimum Gasteiger partial charge on any atom is -0.492 e. The molecule has 2 aliphatic heterocycles. The molecule has 2 saturated heterocycles. The molecule has 0 N–H and O–H groups in total. The van der Waals surface area contributed by atoms with Gasteiger partial charge in [0.2, 0.25) is 0 Å². The maximum absolute atomic E-state index is 13.9. The van der Waals surface area contributed by atoms with Crippen molar-refractivity contribution in [2.75, 3.05) is 45.9 Å². The van der Waals surface area contributed by atoms with Crippen molar-refractivity contribution in [3.05, 3.63) is 89.5 Å². The molecule has 0 atom stereocenters. The van der Waals surface area contributed by atoms with Crippen LogP contribution in [-0.2, 0) is 0 Å². The number of ketones is 1. The Morgan fingerprint density at radius 2 is 1.50 bits per heavy atom. The number of hydrogen-bond acceptors (Lipinski definition) is 5. The van der Waals surface area contributed by atoms with Gasteiger partial charge in [0.05, 0.1) is 6.54 Å². The van der Waals surface area contributed by atoms with Crippen LogP contribution in [0.3, 0.4) is 0 Å². The third-order valence-corrected chi connectivity index (χ3v) is 8.91. The van der Waals surface area contributed by atoms with Gasteiger partial charge in [0.1, 0.15) is 12.4 Å². The lowest BCUT2D eigenvalue weighted by Crippen LogP contribution is -2.25. The number of likely N-dealkylation sites (tertiary alicyclic amines) is 2. The van der Waals surface area contributed by atoms with Gasteiger partial charge in [0.15, 0.2) is 5.78 Å². The zero-order valence-electron chi connectivity index (χ0n) is 22.3. The molecular formula is C35H38N2O2S. The van der Waals surface area contributed by atoms with E-state index < -0.39 is 0 Å². The molecule has 6 rings (SSSR count). The highest BCUT2D eigenvalue weighted by molar-refractivity contribution is 7.22. The maximum Gasteiger partial charge on any atom is 0.195 e. The smallest absolute Gasteiger partial charge is 0.195 e. The first-order chi connectivity index (χ1) is 19.2. The van der Waals surface area contributed by atoms with Gasteiger partial charge in [-0.1, -0.05) is 37.5 Å². The third kappa shape index (κ3) is 6.47. The average Bonchev–Trinajstić information content (AvgIpc) is 3.75. The predicted molar refractivity (Wildman–Crippen MR) is 168 cm³/mol. The average molecular weight is 551 g/mol. The van der Waals surface area contributed by atoms with Crippen molar-refractivity contribution in [1.82, 2.24) is 9.80 Å². The van der Waals surface area contributed by atoms with E-state index in [0.717, 1.165) is 63.6 Å². The SMILES string of the molecule is C.O=C(c1ccc(C#CCN2CCCC2)cc1)c1c(-c2ccc(OCCN3CCCC3)cc2)sc2ccccc12. The van der Waals surface area contributed by atoms with Gasteiger partial charge in [-0.2, -0.15) is 0 Å². The normalized spacial score (nSPS) is 15.5. The van der Waals surface area contributed by atoms with Crippen LogP contribution < -0.4 is 4.74 Å². The number of ether oxygens (including phenoxy) is 1. The molecule has 0 unspecified atom stereocenters. The van der Waals surface area contributed by atoms with E-state index in [1.807, 2.05) is 48.5 Å². The highest BCUT2D eigenvalue weighted by Crippen LogP contribution is 2.40. The number of nitrogens with zero attached hydrogens (tertiary/aromatic N) is 2. The first-order valence-electron chi connectivity index (χ1n) is 14.1. The number of hydrogen-bond donors (Lipinski definition) is 0. The van der Waals surface area contributed by atoms with Crippen LogP contribution in [0, 0.1) is 11.8 Å². The quantitative estimate of drug-likeness (QED) is 0.170. The Bertz CT molecular complexity index is 1480. The molecule has 0 amide bonds. The molecule has 40 heavy (non-hydrogen) atoms. The van der Waals surface area contributed by atoms with Crippen molar-refractivity contribution in [1.29, 1.82) is 0 Å². The lowest BCUT2D eigenvalue weighted by atomic mass is 9.97. The van der Waals surface area contributed by atoms with Crippen LogP contribution in [0.2, 0.25) is 0 Å². The van der Waals surface area contributed by atoms with E-state index >= 15 is 0 Å². The Morgan fingerprint density at radius 3 is 2.23 bits per heavy atom. The fourth-order valence-electron chi connectivity index (χ4n) is 5.52. The van der Waals surface area contributed by atoms with Crippen LogP contribution in [0.1, 0.15) is 54.6 Å². The van der Waals surface area contributed by atoms with Gasteiger partial charge in [0, 0.05) is 38.2 Å². The summed E-state index contributed by atoms with van der Waals surface area (Å²) >= 11 is 1.67. The Labute approximate surface area is 242 Å². The van der Waals surface area contributed by atoms with Gasteiger partial charge in [-0.25, -0.2) is 0 Å². The number of benzene rings is 3. The van der Waals surface area contributed by atoms with Crippen LogP contribution in [0.15, 0.2) is 72.8 Å². The molecule has 0 bridgehead atoms. The van der Waals surface area contributed by atoms with Gasteiger partial charge in [-0.3, -0.25) is 14.6 Å². The van der Waals surface area contributed by atoms with E-state index in [9.17, 15) is 4.79 Å². The Morgan fingerprint density at radius 1 is 0.825 bits per heavy atom. The Hall–Kier alpha value is -3.43. The second-order valence-electron chi connectivity index (χ2n) is 10.4. The lowest BCUT2D eigenvalue weighted by Gasteiger charge is -2.15. The summed E-state index contributed by atoms with van der Waals surface area (Å²) in [6.07, 6.45) is 5.13. The summed E-state index contributed by atoms with van der Waals surface area (Å²) < 4.78 is 7.13. The molecule has 4 nitrogen and oxygen atoms in total. The summed E-state index contributed by atoms with van der Waals surface area (Å²) in [5, 5.41) is 1.00. The Kier molecular flexibility index (Phi) is 9.34. The fourth-order valence-corrected chi connectivity index (χ4v) is 6.72. The van der Waals surface area contributed by atoms with Crippen LogP contribution in [0.4, 0.5) is 0 Å². The number of fused-ring (bicyclic) bond motifs is 1. The van der Waals surface area contributed by atoms with E-state index in [1.165, 1.54) is 38.8 Å². The van der Waals surface area contributed by atoms with E-state index in [0.29, 0.717) is 12.2 Å². The summed E-state index contributed by atoms with van der Waals surface area (Å²) in [6, 6.07) is 24.1. The van der Waals surface area contributed by atoms with Gasteiger partial charge in [0.25, 0.3) is 0 Å². The van der Waals surface area contributed by atoms with Crippen LogP contribution in [0.25, 0.3) is 20.5 Å². The number of carbonyl (C=O) groups is 1. The van der Waals surface area contributed by atoms with Crippen LogP contribution >= 0.6 is 11.3 Å². The zero-order valence-corrected chi connectivity index (χ0v) is 23.1. The van der Waals surface area contributed by atoms with Crippen molar-refractivity contribution >= 4 is 27.2 Å². The minimum atomic E-state index is 0. The fraction of sp³-hybridized carbons (Fsp3) is 0.343. The molecule has 2 fully saturated rings. The number of carbonyl (C=O) groups excluding carboxylic acids is 1. The molecule has 5 heteroatoms. The summed E-state index contributed by atoms with van der Waals surface area (Å²) in [5.41, 5.74) is 3.44. The number of thiophene rings is 1. The van der Waals surface area contributed by atoms with Gasteiger partial charge >= 0.3 is 0 Å². The predicted octanol–water partition coefficient (Wildman–Crippen LogP) is 7.36. The van der Waals surface area contributed by atoms with E-state index in [4.69, 9.17) is 4.74 Å². The van der Waals surface area contributed by atoms with Crippen LogP contribution in [-0.4, -0.2) is 61.5 Å². The molecule has 0 radical (unpaired) electrons. The molecular weight excluding hydrogens is 512 g/mol. The standard InChI is InChI=1S/C34H34N2O2S.CH4/c37-33(27-13-11-26(12-14-27)8-7-23-35-19-3-4-20-35)32-30-9-1-2-10-31(30)39-34(32)28-15-17-29(18-16-28)38-25-24-36-21-5-6-22-36;/h1-2,9-18H,3-6,19-25H2;1H4. The van der Waals surface area contributed by atoms with Gasteiger partial charge in [-0.05, 0) is 112 Å². The first kappa shape index (κ1) is 28.1. The molecule has 0 saturated carbocycles. The highest BCUT2D eigenvalue weighted by Gasteiger charge is 2.21. The minimum absolute atomic E-state index is 0. The van der Waals surface area contributed by atoms with Crippen molar-refractivity contribution < 1.29 is 9.53 Å². The summed E-state index contributed by atoms with van der Waals surface area (Å²) in [5.74, 6) is 7.46. The van der Waals surface area contributed by atoms with E-state index in [1.54, 1.807) is 11.3 Å². The largest absolute Gasteiger partial charge is 0.492 e. The second kappa shape index (κ2) is 13.3.